The molecule has 0 aliphatic rings. The Morgan fingerprint density at radius 1 is 1.45 bits per heavy atom. The van der Waals surface area contributed by atoms with Crippen LogP contribution in [0.3, 0.4) is 0 Å². The van der Waals surface area contributed by atoms with E-state index in [-0.39, 0.29) is 12.5 Å². The first-order valence-electron chi connectivity index (χ1n) is 7.35. The predicted molar refractivity (Wildman–Crippen MR) is 91.2 cm³/mol. The molecule has 1 amide bonds. The van der Waals surface area contributed by atoms with Gasteiger partial charge in [-0.1, -0.05) is 6.07 Å². The third-order valence-corrected chi connectivity index (χ3v) is 4.19. The Bertz CT molecular complexity index is 484. The summed E-state index contributed by atoms with van der Waals surface area (Å²) < 4.78 is 0. The van der Waals surface area contributed by atoms with Gasteiger partial charge in [-0.25, -0.2) is 4.99 Å². The van der Waals surface area contributed by atoms with E-state index in [0.717, 1.165) is 4.88 Å². The molecule has 0 fully saturated rings. The molecule has 0 aromatic carbocycles. The maximum atomic E-state index is 11.5. The van der Waals surface area contributed by atoms with Crippen LogP contribution in [0.4, 0.5) is 0 Å². The van der Waals surface area contributed by atoms with E-state index < -0.39 is 5.60 Å². The Hall–Kier alpha value is -1.60. The van der Waals surface area contributed by atoms with Crippen molar-refractivity contribution in [2.45, 2.75) is 25.9 Å². The van der Waals surface area contributed by atoms with E-state index in [1.807, 2.05) is 24.4 Å². The normalized spacial score (nSPS) is 14.3. The van der Waals surface area contributed by atoms with Crippen molar-refractivity contribution in [3.63, 3.8) is 0 Å². The zero-order chi connectivity index (χ0) is 16.6. The van der Waals surface area contributed by atoms with E-state index in [1.165, 1.54) is 11.3 Å². The standard InChI is InChI=1S/C15H26N4O2S/c1-5-16-14(17-9-8-13(20)19(3)4)18-11-15(2,21)12-7-6-10-22-12/h6-7,10,21H,5,8-9,11H2,1-4H3,(H2,16,17,18). The summed E-state index contributed by atoms with van der Waals surface area (Å²) in [5.41, 5.74) is -0.990. The number of aliphatic imine (C=N–C) groups is 1. The van der Waals surface area contributed by atoms with Crippen molar-refractivity contribution in [1.82, 2.24) is 15.5 Å². The van der Waals surface area contributed by atoms with Gasteiger partial charge in [0.2, 0.25) is 5.91 Å². The molecule has 0 aliphatic carbocycles. The van der Waals surface area contributed by atoms with Crippen LogP contribution in [0, 0.1) is 0 Å². The molecule has 0 aliphatic heterocycles. The first kappa shape index (κ1) is 18.4. The van der Waals surface area contributed by atoms with Crippen LogP contribution >= 0.6 is 11.3 Å². The molecule has 0 bridgehead atoms. The maximum Gasteiger partial charge on any atom is 0.223 e. The Morgan fingerprint density at radius 3 is 2.73 bits per heavy atom. The number of amides is 1. The number of carbonyl (C=O) groups excluding carboxylic acids is 1. The van der Waals surface area contributed by atoms with Crippen molar-refractivity contribution < 1.29 is 9.90 Å². The van der Waals surface area contributed by atoms with Crippen molar-refractivity contribution in [2.24, 2.45) is 4.99 Å². The van der Waals surface area contributed by atoms with Gasteiger partial charge in [0.05, 0.1) is 6.54 Å². The van der Waals surface area contributed by atoms with Gasteiger partial charge in [-0.2, -0.15) is 0 Å². The van der Waals surface area contributed by atoms with Crippen LogP contribution in [-0.2, 0) is 10.4 Å². The number of hydrogen-bond acceptors (Lipinski definition) is 4. The SMILES string of the molecule is CCNC(=NCC(C)(O)c1cccs1)NCCC(=O)N(C)C. The van der Waals surface area contributed by atoms with Crippen LogP contribution in [0.25, 0.3) is 0 Å². The van der Waals surface area contributed by atoms with Crippen LogP contribution < -0.4 is 10.6 Å². The van der Waals surface area contributed by atoms with Gasteiger partial charge in [0.15, 0.2) is 5.96 Å². The van der Waals surface area contributed by atoms with Crippen LogP contribution in [0.15, 0.2) is 22.5 Å². The molecular weight excluding hydrogens is 300 g/mol. The molecule has 6 nitrogen and oxygen atoms in total. The molecule has 124 valence electrons. The van der Waals surface area contributed by atoms with Gasteiger partial charge in [-0.05, 0) is 25.3 Å². The number of carbonyl (C=O) groups is 1. The second kappa shape index (κ2) is 8.75. The highest BCUT2D eigenvalue weighted by atomic mass is 32.1. The molecule has 3 N–H and O–H groups in total. The quantitative estimate of drug-likeness (QED) is 0.516. The van der Waals surface area contributed by atoms with Gasteiger partial charge in [0.1, 0.15) is 5.60 Å². The lowest BCUT2D eigenvalue weighted by molar-refractivity contribution is -0.128. The van der Waals surface area contributed by atoms with Gasteiger partial charge < -0.3 is 20.6 Å². The topological polar surface area (TPSA) is 77.0 Å². The van der Waals surface area contributed by atoms with E-state index in [1.54, 1.807) is 25.9 Å². The molecule has 1 rings (SSSR count). The van der Waals surface area contributed by atoms with Gasteiger partial charge in [-0.15, -0.1) is 11.3 Å². The Balaban J connectivity index is 2.56. The average molecular weight is 326 g/mol. The highest BCUT2D eigenvalue weighted by molar-refractivity contribution is 7.10. The lowest BCUT2D eigenvalue weighted by atomic mass is 10.1. The molecule has 22 heavy (non-hydrogen) atoms. The average Bonchev–Trinajstić information content (AvgIpc) is 2.99. The third kappa shape index (κ3) is 6.03. The van der Waals surface area contributed by atoms with Crippen LogP contribution in [-0.4, -0.2) is 55.6 Å². The molecule has 1 unspecified atom stereocenters. The van der Waals surface area contributed by atoms with E-state index in [9.17, 15) is 9.90 Å². The van der Waals surface area contributed by atoms with Gasteiger partial charge in [0.25, 0.3) is 0 Å². The van der Waals surface area contributed by atoms with Crippen molar-refractivity contribution in [3.05, 3.63) is 22.4 Å². The third-order valence-electron chi connectivity index (χ3n) is 3.07. The van der Waals surface area contributed by atoms with E-state index >= 15 is 0 Å². The minimum absolute atomic E-state index is 0.0638. The number of rotatable bonds is 7. The summed E-state index contributed by atoms with van der Waals surface area (Å²) in [5, 5.41) is 18.6. The van der Waals surface area contributed by atoms with E-state index in [0.29, 0.717) is 25.5 Å². The zero-order valence-electron chi connectivity index (χ0n) is 13.7. The molecule has 1 atom stereocenters. The molecule has 0 saturated carbocycles. The summed E-state index contributed by atoms with van der Waals surface area (Å²) in [6.07, 6.45) is 0.402. The predicted octanol–water partition coefficient (Wildman–Crippen LogP) is 0.989. The highest BCUT2D eigenvalue weighted by Crippen LogP contribution is 2.25. The van der Waals surface area contributed by atoms with Gasteiger partial charge >= 0.3 is 0 Å². The fourth-order valence-corrected chi connectivity index (χ4v) is 2.53. The highest BCUT2D eigenvalue weighted by Gasteiger charge is 2.23. The minimum atomic E-state index is -0.990. The Morgan fingerprint density at radius 2 is 2.18 bits per heavy atom. The lowest BCUT2D eigenvalue weighted by Crippen LogP contribution is -2.40. The largest absolute Gasteiger partial charge is 0.383 e. The Labute approximate surface area is 136 Å². The number of nitrogens with zero attached hydrogens (tertiary/aromatic N) is 2. The van der Waals surface area contributed by atoms with Crippen LogP contribution in [0.5, 0.6) is 0 Å². The second-order valence-corrected chi connectivity index (χ2v) is 6.36. The molecule has 0 saturated heterocycles. The first-order chi connectivity index (χ1) is 10.4. The smallest absolute Gasteiger partial charge is 0.223 e. The second-order valence-electron chi connectivity index (χ2n) is 5.41. The number of aliphatic hydroxyl groups is 1. The van der Waals surface area contributed by atoms with E-state index in [2.05, 4.69) is 15.6 Å². The molecule has 1 aromatic rings. The fourth-order valence-electron chi connectivity index (χ4n) is 1.75. The van der Waals surface area contributed by atoms with Crippen molar-refractivity contribution in [2.75, 3.05) is 33.7 Å². The van der Waals surface area contributed by atoms with Crippen LogP contribution in [0.1, 0.15) is 25.1 Å². The van der Waals surface area contributed by atoms with Gasteiger partial charge in [-0.3, -0.25) is 4.79 Å². The fraction of sp³-hybridized carbons (Fsp3) is 0.600. The minimum Gasteiger partial charge on any atom is -0.383 e. The van der Waals surface area contributed by atoms with Gasteiger partial charge in [0, 0.05) is 38.5 Å². The lowest BCUT2D eigenvalue weighted by Gasteiger charge is -2.20. The molecule has 7 heteroatoms. The summed E-state index contributed by atoms with van der Waals surface area (Å²) in [7, 11) is 3.47. The van der Waals surface area contributed by atoms with Crippen molar-refractivity contribution in [3.8, 4) is 0 Å². The Kier molecular flexibility index (Phi) is 7.34. The number of nitrogens with one attached hydrogen (secondary N) is 2. The summed E-state index contributed by atoms with van der Waals surface area (Å²) in [6.45, 7) is 5.20. The summed E-state index contributed by atoms with van der Waals surface area (Å²) in [4.78, 5) is 18.4. The summed E-state index contributed by atoms with van der Waals surface area (Å²) in [5.74, 6) is 0.666. The summed E-state index contributed by atoms with van der Waals surface area (Å²) in [6, 6.07) is 3.81. The molecule has 1 heterocycles. The van der Waals surface area contributed by atoms with E-state index in [4.69, 9.17) is 0 Å². The monoisotopic (exact) mass is 326 g/mol. The zero-order valence-corrected chi connectivity index (χ0v) is 14.5. The molecule has 0 spiro atoms. The number of guanidine groups is 1. The number of thiophene rings is 1. The molecular formula is C15H26N4O2S. The van der Waals surface area contributed by atoms with Crippen molar-refractivity contribution in [1.29, 1.82) is 0 Å². The maximum absolute atomic E-state index is 11.5. The first-order valence-corrected chi connectivity index (χ1v) is 8.23. The van der Waals surface area contributed by atoms with Crippen LogP contribution in [0.2, 0.25) is 0 Å². The number of hydrogen-bond donors (Lipinski definition) is 3. The molecule has 0 radical (unpaired) electrons. The molecule has 1 aromatic heterocycles. The van der Waals surface area contributed by atoms with Crippen molar-refractivity contribution >= 4 is 23.2 Å². The summed E-state index contributed by atoms with van der Waals surface area (Å²) >= 11 is 1.51.